The number of H-pyrrole nitrogens is 1. The lowest BCUT2D eigenvalue weighted by Crippen LogP contribution is -1.65. The van der Waals surface area contributed by atoms with Crippen LogP contribution in [-0.4, -0.2) is 4.98 Å². The maximum absolute atomic E-state index is 11.0. The fourth-order valence-electron chi connectivity index (χ4n) is 1.06. The molecule has 1 aromatic carbocycles. The number of hydrogen-bond donors (Lipinski definition) is 1. The molecule has 0 saturated carbocycles. The lowest BCUT2D eigenvalue weighted by Gasteiger charge is -1.87. The zero-order chi connectivity index (χ0) is 6.97. The van der Waals surface area contributed by atoms with Crippen molar-refractivity contribution in [1.29, 1.82) is 0 Å². The van der Waals surface area contributed by atoms with Crippen molar-refractivity contribution in [2.75, 3.05) is 0 Å². The van der Waals surface area contributed by atoms with E-state index in [1.54, 1.807) is 18.3 Å². The number of aromatic nitrogens is 1. The first-order valence-corrected chi connectivity index (χ1v) is 3.11. The third-order valence-electron chi connectivity index (χ3n) is 1.55. The van der Waals surface area contributed by atoms with E-state index in [0.717, 1.165) is 5.39 Å². The van der Waals surface area contributed by atoms with Gasteiger partial charge in [-0.05, 0) is 12.1 Å². The van der Waals surface area contributed by atoms with Crippen molar-refractivity contribution >= 4 is 10.9 Å². The summed E-state index contributed by atoms with van der Waals surface area (Å²) in [5.74, 6) is 0.0579. The molecule has 1 N–H and O–H groups in total. The van der Waals surface area contributed by atoms with Gasteiger partial charge in [-0.1, -0.05) is 12.1 Å². The third-order valence-corrected chi connectivity index (χ3v) is 1.55. The van der Waals surface area contributed by atoms with Gasteiger partial charge in [0.2, 0.25) is 5.75 Å². The van der Waals surface area contributed by atoms with Crippen molar-refractivity contribution in [2.24, 2.45) is 0 Å². The van der Waals surface area contributed by atoms with E-state index in [1.165, 1.54) is 0 Å². The summed E-state index contributed by atoms with van der Waals surface area (Å²) in [6.45, 7) is 0. The van der Waals surface area contributed by atoms with E-state index in [9.17, 15) is 5.11 Å². The van der Waals surface area contributed by atoms with E-state index in [0.29, 0.717) is 5.52 Å². The minimum atomic E-state index is 0.0579. The second-order valence-electron chi connectivity index (χ2n) is 2.20. The summed E-state index contributed by atoms with van der Waals surface area (Å²) in [5.41, 5.74) is 0.697. The zero-order valence-corrected chi connectivity index (χ0v) is 5.29. The van der Waals surface area contributed by atoms with Crippen LogP contribution < -0.4 is 0 Å². The summed E-state index contributed by atoms with van der Waals surface area (Å²) in [7, 11) is 0. The first-order chi connectivity index (χ1) is 4.88. The van der Waals surface area contributed by atoms with Gasteiger partial charge in [0.15, 0.2) is 0 Å². The molecule has 0 aliphatic heterocycles. The molecule has 0 atom stereocenters. The molecule has 0 fully saturated rings. The molecule has 0 saturated heterocycles. The lowest BCUT2D eigenvalue weighted by molar-refractivity contribution is 0.359. The van der Waals surface area contributed by atoms with Crippen molar-refractivity contribution in [3.8, 4) is 5.75 Å². The Kier molecular flexibility index (Phi) is 0.947. The van der Waals surface area contributed by atoms with Gasteiger partial charge >= 0.3 is 0 Å². The minimum Gasteiger partial charge on any atom is -0.358 e. The van der Waals surface area contributed by atoms with Crippen molar-refractivity contribution in [3.05, 3.63) is 30.5 Å². The zero-order valence-electron chi connectivity index (χ0n) is 5.29. The smallest absolute Gasteiger partial charge is 0.202 e. The molecule has 0 amide bonds. The van der Waals surface area contributed by atoms with Crippen LogP contribution in [0.5, 0.6) is 5.75 Å². The van der Waals surface area contributed by atoms with Gasteiger partial charge in [0.1, 0.15) is 0 Å². The van der Waals surface area contributed by atoms with Crippen molar-refractivity contribution < 1.29 is 5.11 Å². The predicted molar refractivity (Wildman–Crippen MR) is 38.4 cm³/mol. The quantitative estimate of drug-likeness (QED) is 0.571. The van der Waals surface area contributed by atoms with Gasteiger partial charge in [0.05, 0.1) is 5.52 Å². The first kappa shape index (κ1) is 5.35. The van der Waals surface area contributed by atoms with Crippen LogP contribution in [0.4, 0.5) is 0 Å². The monoisotopic (exact) mass is 132 g/mol. The molecule has 10 heavy (non-hydrogen) atoms. The Hall–Kier alpha value is -1.44. The molecule has 2 rings (SSSR count). The summed E-state index contributed by atoms with van der Waals surface area (Å²) in [6, 6.07) is 7.11. The molecule has 2 aromatic rings. The normalized spacial score (nSPS) is 10.4. The van der Waals surface area contributed by atoms with Crippen molar-refractivity contribution in [2.45, 2.75) is 0 Å². The Morgan fingerprint density at radius 2 is 2.10 bits per heavy atom. The van der Waals surface area contributed by atoms with Crippen LogP contribution in [0.3, 0.4) is 0 Å². The standard InChI is InChI=1S/C8H6NO/c10-7-3-1-2-6-4-5-9-8(6)7/h1-5,9H. The van der Waals surface area contributed by atoms with Gasteiger partial charge in [-0.15, -0.1) is 0 Å². The first-order valence-electron chi connectivity index (χ1n) is 3.11. The van der Waals surface area contributed by atoms with Gasteiger partial charge in [-0.3, -0.25) is 5.11 Å². The Balaban J connectivity index is 2.95. The highest BCUT2D eigenvalue weighted by atomic mass is 16.3. The number of rotatable bonds is 0. The molecule has 0 aliphatic carbocycles. The van der Waals surface area contributed by atoms with Crippen LogP contribution in [0, 0.1) is 0 Å². The van der Waals surface area contributed by atoms with E-state index in [1.807, 2.05) is 12.1 Å². The molecule has 2 heteroatoms. The topological polar surface area (TPSA) is 35.7 Å². The highest BCUT2D eigenvalue weighted by Gasteiger charge is 1.98. The molecule has 1 aromatic heterocycles. The summed E-state index contributed by atoms with van der Waals surface area (Å²) >= 11 is 0. The maximum Gasteiger partial charge on any atom is 0.202 e. The summed E-state index contributed by atoms with van der Waals surface area (Å²) < 4.78 is 0. The number of aromatic amines is 1. The molecule has 1 heterocycles. The van der Waals surface area contributed by atoms with Crippen molar-refractivity contribution in [1.82, 2.24) is 4.98 Å². The van der Waals surface area contributed by atoms with E-state index in [2.05, 4.69) is 4.98 Å². The second kappa shape index (κ2) is 1.77. The second-order valence-corrected chi connectivity index (χ2v) is 2.20. The van der Waals surface area contributed by atoms with Crippen LogP contribution in [-0.2, 0) is 5.11 Å². The van der Waals surface area contributed by atoms with Gasteiger partial charge in [-0.25, -0.2) is 0 Å². The number of benzene rings is 1. The predicted octanol–water partition coefficient (Wildman–Crippen LogP) is 2.31. The lowest BCUT2D eigenvalue weighted by atomic mass is 10.2. The number of fused-ring (bicyclic) bond motifs is 1. The number of hydrogen-bond acceptors (Lipinski definition) is 0. The van der Waals surface area contributed by atoms with Crippen LogP contribution in [0.1, 0.15) is 0 Å². The molecule has 0 spiro atoms. The highest BCUT2D eigenvalue weighted by Crippen LogP contribution is 2.22. The van der Waals surface area contributed by atoms with E-state index in [-0.39, 0.29) is 5.75 Å². The molecule has 2 nitrogen and oxygen atoms in total. The van der Waals surface area contributed by atoms with Gasteiger partial charge in [0, 0.05) is 11.6 Å². The minimum absolute atomic E-state index is 0.0579. The molecule has 0 bridgehead atoms. The third kappa shape index (κ3) is 0.589. The summed E-state index contributed by atoms with van der Waals surface area (Å²) in [5, 5.41) is 12.0. The average Bonchev–Trinajstić information content (AvgIpc) is 2.36. The van der Waals surface area contributed by atoms with E-state index < -0.39 is 0 Å². The number of para-hydroxylation sites is 1. The SMILES string of the molecule is [O]c1cccc2cc[nH]c12. The average molecular weight is 132 g/mol. The maximum atomic E-state index is 11.0. The van der Waals surface area contributed by atoms with Gasteiger partial charge in [0.25, 0.3) is 0 Å². The van der Waals surface area contributed by atoms with Crippen LogP contribution in [0.15, 0.2) is 30.5 Å². The Morgan fingerprint density at radius 3 is 2.90 bits per heavy atom. The fraction of sp³-hybridized carbons (Fsp3) is 0. The Morgan fingerprint density at radius 1 is 1.20 bits per heavy atom. The number of nitrogens with one attached hydrogen (secondary N) is 1. The fourth-order valence-corrected chi connectivity index (χ4v) is 1.06. The van der Waals surface area contributed by atoms with Crippen molar-refractivity contribution in [3.63, 3.8) is 0 Å². The Bertz CT molecular complexity index is 351. The molecular formula is C8H6NO. The summed E-state index contributed by atoms with van der Waals surface area (Å²) in [6.07, 6.45) is 1.77. The van der Waals surface area contributed by atoms with Gasteiger partial charge in [-0.2, -0.15) is 0 Å². The molecular weight excluding hydrogens is 126 g/mol. The van der Waals surface area contributed by atoms with Crippen LogP contribution in [0.25, 0.3) is 10.9 Å². The van der Waals surface area contributed by atoms with E-state index in [4.69, 9.17) is 0 Å². The molecule has 0 aliphatic rings. The largest absolute Gasteiger partial charge is 0.358 e. The summed E-state index contributed by atoms with van der Waals surface area (Å²) in [4.78, 5) is 2.88. The molecule has 1 radical (unpaired) electrons. The molecule has 0 unspecified atom stereocenters. The van der Waals surface area contributed by atoms with E-state index >= 15 is 0 Å². The van der Waals surface area contributed by atoms with Gasteiger partial charge < -0.3 is 4.98 Å². The van der Waals surface area contributed by atoms with Crippen LogP contribution in [0.2, 0.25) is 0 Å². The highest BCUT2D eigenvalue weighted by molar-refractivity contribution is 5.84. The van der Waals surface area contributed by atoms with Crippen LogP contribution >= 0.6 is 0 Å². The Labute approximate surface area is 58.1 Å². The molecule has 49 valence electrons.